The number of nitrogens with zero attached hydrogens (tertiary/aromatic N) is 4. The number of carbonyl (C=O) groups excluding carboxylic acids is 1. The highest BCUT2D eigenvalue weighted by Crippen LogP contribution is 2.47. The third-order valence-corrected chi connectivity index (χ3v) is 9.24. The average Bonchev–Trinajstić information content (AvgIpc) is 3.43. The molecule has 2 aromatic carbocycles. The molecule has 7 rings (SSSR count). The normalized spacial score (nSPS) is 21.4. The third kappa shape index (κ3) is 4.51. The lowest BCUT2D eigenvalue weighted by Crippen LogP contribution is -2.45. The number of fused-ring (bicyclic) bond motifs is 5. The fraction of sp³-hybridized carbons (Fsp3) is 0.343. The van der Waals surface area contributed by atoms with Gasteiger partial charge < -0.3 is 9.64 Å². The first kappa shape index (κ1) is 25.9. The number of pyridine rings is 2. The second-order valence-corrected chi connectivity index (χ2v) is 12.6. The van der Waals surface area contributed by atoms with E-state index < -0.39 is 0 Å². The molecule has 2 bridgehead atoms. The van der Waals surface area contributed by atoms with E-state index in [1.807, 2.05) is 18.5 Å². The van der Waals surface area contributed by atoms with Crippen molar-refractivity contribution in [2.75, 3.05) is 27.7 Å². The molecule has 1 aliphatic carbocycles. The van der Waals surface area contributed by atoms with E-state index in [-0.39, 0.29) is 30.0 Å². The van der Waals surface area contributed by atoms with Gasteiger partial charge in [0, 0.05) is 36.3 Å². The van der Waals surface area contributed by atoms with Crippen molar-refractivity contribution in [2.45, 2.75) is 49.6 Å². The van der Waals surface area contributed by atoms with Crippen LogP contribution in [0.25, 0.3) is 22.4 Å². The molecule has 2 aliphatic heterocycles. The van der Waals surface area contributed by atoms with Crippen LogP contribution in [0.3, 0.4) is 0 Å². The quantitative estimate of drug-likeness (QED) is 0.254. The molecule has 0 N–H and O–H groups in total. The number of amides is 1. The molecule has 0 radical (unpaired) electrons. The van der Waals surface area contributed by atoms with Crippen LogP contribution in [-0.2, 0) is 4.74 Å². The second kappa shape index (κ2) is 10.1. The highest BCUT2D eigenvalue weighted by Gasteiger charge is 2.47. The van der Waals surface area contributed by atoms with Crippen molar-refractivity contribution >= 4 is 11.9 Å². The van der Waals surface area contributed by atoms with Crippen molar-refractivity contribution in [3.63, 3.8) is 0 Å². The first-order chi connectivity index (χ1) is 19.9. The van der Waals surface area contributed by atoms with Crippen LogP contribution in [0.2, 0.25) is 0 Å². The summed E-state index contributed by atoms with van der Waals surface area (Å²) < 4.78 is 6.75. The number of quaternary nitrogens is 1. The van der Waals surface area contributed by atoms with Crippen LogP contribution in [0.5, 0.6) is 0 Å². The monoisotopic (exact) mass is 545 g/mol. The molecule has 2 fully saturated rings. The summed E-state index contributed by atoms with van der Waals surface area (Å²) >= 11 is 0. The van der Waals surface area contributed by atoms with Gasteiger partial charge in [-0.1, -0.05) is 54.6 Å². The van der Waals surface area contributed by atoms with Gasteiger partial charge in [0.25, 0.3) is 0 Å². The van der Waals surface area contributed by atoms with E-state index in [9.17, 15) is 4.79 Å². The zero-order valence-electron chi connectivity index (χ0n) is 24.0. The van der Waals surface area contributed by atoms with Crippen molar-refractivity contribution in [3.8, 4) is 22.4 Å². The molecule has 0 saturated carbocycles. The van der Waals surface area contributed by atoms with Crippen LogP contribution in [0.1, 0.15) is 54.2 Å². The standard InChI is InChI=1S/C35H37N4O2/c1-39(2,3)34-29(15-9-19-36-34)32-18-17-23(21-37-32)30-20-24-10-8-16-33(30)38(24)35(40)41-22-31-27-13-6-4-11-25(27)26-12-5-7-14-28(26)31/h4-7,9,11-15,17-19,21,24,30-31,33H,8,10,16,20,22H2,1-3H3/q+1. The Kier molecular flexibility index (Phi) is 6.39. The van der Waals surface area contributed by atoms with Crippen LogP contribution in [0, 0.1) is 0 Å². The number of piperidine rings is 1. The minimum atomic E-state index is -0.170. The SMILES string of the molecule is C[N+](C)(C)c1ncccc1-c1ccc(C2CC3CCCC2N3C(=O)OCC2c3ccccc3-c3ccccc32)cn1. The smallest absolute Gasteiger partial charge is 0.410 e. The fourth-order valence-electron chi connectivity index (χ4n) is 7.41. The van der Waals surface area contributed by atoms with Gasteiger partial charge in [0.1, 0.15) is 6.61 Å². The van der Waals surface area contributed by atoms with Gasteiger partial charge >= 0.3 is 6.09 Å². The van der Waals surface area contributed by atoms with E-state index in [0.717, 1.165) is 42.8 Å². The largest absolute Gasteiger partial charge is 0.448 e. The second-order valence-electron chi connectivity index (χ2n) is 12.6. The fourth-order valence-corrected chi connectivity index (χ4v) is 7.41. The lowest BCUT2D eigenvalue weighted by Gasteiger charge is -2.35. The van der Waals surface area contributed by atoms with Gasteiger partial charge in [0.2, 0.25) is 5.82 Å². The van der Waals surface area contributed by atoms with Gasteiger partial charge in [-0.25, -0.2) is 9.78 Å². The summed E-state index contributed by atoms with van der Waals surface area (Å²) in [4.78, 5) is 25.3. The number of benzene rings is 2. The molecule has 3 unspecified atom stereocenters. The number of ether oxygens (including phenoxy) is 1. The summed E-state index contributed by atoms with van der Waals surface area (Å²) in [5.74, 6) is 1.34. The molecular weight excluding hydrogens is 508 g/mol. The van der Waals surface area contributed by atoms with Crippen molar-refractivity contribution in [3.05, 3.63) is 102 Å². The van der Waals surface area contributed by atoms with Crippen molar-refractivity contribution in [1.29, 1.82) is 0 Å². The molecule has 41 heavy (non-hydrogen) atoms. The molecule has 6 nitrogen and oxygen atoms in total. The Labute approximate surface area is 242 Å². The number of hydrogen-bond acceptors (Lipinski definition) is 4. The molecular formula is C35H37N4O2+. The minimum absolute atomic E-state index is 0.0745. The maximum absolute atomic E-state index is 13.7. The van der Waals surface area contributed by atoms with Crippen molar-refractivity contribution in [2.24, 2.45) is 0 Å². The molecule has 208 valence electrons. The highest BCUT2D eigenvalue weighted by atomic mass is 16.6. The summed E-state index contributed by atoms with van der Waals surface area (Å²) in [6.45, 7) is 0.365. The number of carbonyl (C=O) groups is 1. The Bertz CT molecular complexity index is 1550. The average molecular weight is 546 g/mol. The Morgan fingerprint density at radius 2 is 1.59 bits per heavy atom. The van der Waals surface area contributed by atoms with E-state index >= 15 is 0 Å². The Balaban J connectivity index is 1.09. The predicted molar refractivity (Wildman–Crippen MR) is 163 cm³/mol. The maximum atomic E-state index is 13.7. The maximum Gasteiger partial charge on any atom is 0.410 e. The van der Waals surface area contributed by atoms with Crippen molar-refractivity contribution < 1.29 is 9.53 Å². The van der Waals surface area contributed by atoms with Gasteiger partial charge in [-0.3, -0.25) is 9.47 Å². The summed E-state index contributed by atoms with van der Waals surface area (Å²) in [5, 5.41) is 0. The molecule has 6 heteroatoms. The first-order valence-corrected chi connectivity index (χ1v) is 14.8. The van der Waals surface area contributed by atoms with E-state index in [4.69, 9.17) is 9.72 Å². The van der Waals surface area contributed by atoms with Gasteiger partial charge in [-0.2, -0.15) is 0 Å². The Morgan fingerprint density at radius 1 is 0.878 bits per heavy atom. The van der Waals surface area contributed by atoms with E-state index in [1.165, 1.54) is 27.8 Å². The van der Waals surface area contributed by atoms with E-state index in [2.05, 4.69) is 97.8 Å². The molecule has 1 amide bonds. The van der Waals surface area contributed by atoms with E-state index in [0.29, 0.717) is 11.1 Å². The highest BCUT2D eigenvalue weighted by molar-refractivity contribution is 5.79. The minimum Gasteiger partial charge on any atom is -0.448 e. The molecule has 2 saturated heterocycles. The zero-order valence-corrected chi connectivity index (χ0v) is 24.0. The van der Waals surface area contributed by atoms with Crippen molar-refractivity contribution in [1.82, 2.24) is 19.4 Å². The lowest BCUT2D eigenvalue weighted by atomic mass is 9.91. The summed E-state index contributed by atoms with van der Waals surface area (Å²) in [5.41, 5.74) is 8.17. The van der Waals surface area contributed by atoms with Gasteiger partial charge in [-0.15, -0.1) is 0 Å². The van der Waals surface area contributed by atoms with Crippen LogP contribution in [0.15, 0.2) is 85.2 Å². The zero-order chi connectivity index (χ0) is 28.1. The molecule has 3 atom stereocenters. The third-order valence-electron chi connectivity index (χ3n) is 9.24. The van der Waals surface area contributed by atoms with E-state index in [1.54, 1.807) is 0 Å². The Hall–Kier alpha value is -4.03. The number of hydrogen-bond donors (Lipinski definition) is 0. The molecule has 4 aromatic rings. The number of aromatic nitrogens is 2. The first-order valence-electron chi connectivity index (χ1n) is 14.8. The Morgan fingerprint density at radius 3 is 2.27 bits per heavy atom. The summed E-state index contributed by atoms with van der Waals surface area (Å²) in [6.07, 6.45) is 7.83. The lowest BCUT2D eigenvalue weighted by molar-refractivity contribution is 0.0667. The topological polar surface area (TPSA) is 55.3 Å². The van der Waals surface area contributed by atoms with Gasteiger partial charge in [-0.05, 0) is 71.7 Å². The molecule has 4 heterocycles. The molecule has 0 spiro atoms. The van der Waals surface area contributed by atoms with Gasteiger partial charge in [0.05, 0.1) is 32.4 Å². The van der Waals surface area contributed by atoms with Gasteiger partial charge in [0.15, 0.2) is 0 Å². The summed E-state index contributed by atoms with van der Waals surface area (Å²) in [7, 11) is 6.37. The number of rotatable bonds is 5. The summed E-state index contributed by atoms with van der Waals surface area (Å²) in [6, 6.07) is 25.7. The molecule has 3 aliphatic rings. The van der Waals surface area contributed by atoms with Crippen LogP contribution < -0.4 is 4.48 Å². The predicted octanol–water partition coefficient (Wildman–Crippen LogP) is 7.00. The van der Waals surface area contributed by atoms with Crippen LogP contribution in [-0.4, -0.2) is 60.8 Å². The van der Waals surface area contributed by atoms with Crippen LogP contribution >= 0.6 is 0 Å². The molecule has 2 aromatic heterocycles. The van der Waals surface area contributed by atoms with Crippen LogP contribution in [0.4, 0.5) is 10.6 Å².